The number of hydrogen-bond acceptors (Lipinski definition) is 3. The predicted octanol–water partition coefficient (Wildman–Crippen LogP) is 3.28. The van der Waals surface area contributed by atoms with Crippen molar-refractivity contribution in [2.75, 3.05) is 6.54 Å². The fourth-order valence-corrected chi connectivity index (χ4v) is 1.86. The standard InChI is InChI=1S/C16H20FN3O2/c1-16(2,3)22-15(21)18-9-8-14-19-10-13(20-14)11-4-6-12(17)7-5-11/h4-7,10H,8-9H2,1-3H3,(H,18,21)(H,19,20). The Balaban J connectivity index is 1.85. The molecule has 0 saturated heterocycles. The molecule has 0 atom stereocenters. The molecule has 0 saturated carbocycles. The van der Waals surface area contributed by atoms with E-state index in [1.165, 1.54) is 12.1 Å². The Morgan fingerprint density at radius 1 is 1.32 bits per heavy atom. The minimum atomic E-state index is -0.509. The van der Waals surface area contributed by atoms with E-state index in [1.807, 2.05) is 20.8 Å². The van der Waals surface area contributed by atoms with Gasteiger partial charge in [-0.15, -0.1) is 0 Å². The van der Waals surface area contributed by atoms with E-state index in [4.69, 9.17) is 4.74 Å². The molecule has 1 heterocycles. The molecule has 2 N–H and O–H groups in total. The molecule has 1 amide bonds. The van der Waals surface area contributed by atoms with Gasteiger partial charge in [0.2, 0.25) is 0 Å². The number of imidazole rings is 1. The Bertz CT molecular complexity index is 630. The van der Waals surface area contributed by atoms with Crippen molar-refractivity contribution in [3.8, 4) is 11.3 Å². The monoisotopic (exact) mass is 305 g/mol. The van der Waals surface area contributed by atoms with Crippen molar-refractivity contribution in [1.29, 1.82) is 0 Å². The molecule has 1 aromatic heterocycles. The van der Waals surface area contributed by atoms with Gasteiger partial charge in [-0.3, -0.25) is 0 Å². The van der Waals surface area contributed by atoms with Crippen molar-refractivity contribution in [3.63, 3.8) is 0 Å². The molecule has 0 unspecified atom stereocenters. The van der Waals surface area contributed by atoms with Crippen molar-refractivity contribution in [3.05, 3.63) is 42.1 Å². The van der Waals surface area contributed by atoms with Gasteiger partial charge in [-0.1, -0.05) is 0 Å². The average Bonchev–Trinajstić information content (AvgIpc) is 2.86. The number of rotatable bonds is 4. The zero-order valence-corrected chi connectivity index (χ0v) is 12.9. The fraction of sp³-hybridized carbons (Fsp3) is 0.375. The molecule has 0 bridgehead atoms. The number of aromatic amines is 1. The summed E-state index contributed by atoms with van der Waals surface area (Å²) in [6.07, 6.45) is 1.80. The number of alkyl carbamates (subject to hydrolysis) is 1. The zero-order valence-electron chi connectivity index (χ0n) is 12.9. The van der Waals surface area contributed by atoms with Crippen LogP contribution in [-0.2, 0) is 11.2 Å². The molecular formula is C16H20FN3O2. The van der Waals surface area contributed by atoms with Gasteiger partial charge in [-0.2, -0.15) is 0 Å². The van der Waals surface area contributed by atoms with E-state index in [1.54, 1.807) is 18.3 Å². The number of ether oxygens (including phenoxy) is 1. The van der Waals surface area contributed by atoms with Crippen LogP contribution in [0.5, 0.6) is 0 Å². The summed E-state index contributed by atoms with van der Waals surface area (Å²) in [4.78, 5) is 18.9. The Hall–Kier alpha value is -2.37. The van der Waals surface area contributed by atoms with Crippen LogP contribution in [0.15, 0.2) is 30.5 Å². The first-order valence-corrected chi connectivity index (χ1v) is 7.10. The summed E-state index contributed by atoms with van der Waals surface area (Å²) in [5.41, 5.74) is 1.16. The number of aromatic nitrogens is 2. The van der Waals surface area contributed by atoms with Crippen molar-refractivity contribution < 1.29 is 13.9 Å². The first-order chi connectivity index (χ1) is 10.3. The summed E-state index contributed by atoms with van der Waals surface area (Å²) in [5.74, 6) is 0.473. The van der Waals surface area contributed by atoms with Crippen LogP contribution in [0.4, 0.5) is 9.18 Å². The molecule has 0 aliphatic carbocycles. The van der Waals surface area contributed by atoms with Gasteiger partial charge in [0.05, 0.1) is 11.9 Å². The molecule has 1 aromatic carbocycles. The lowest BCUT2D eigenvalue weighted by molar-refractivity contribution is 0.0528. The third-order valence-electron chi connectivity index (χ3n) is 2.81. The second kappa shape index (κ2) is 6.60. The number of amides is 1. The van der Waals surface area contributed by atoms with E-state index < -0.39 is 11.7 Å². The van der Waals surface area contributed by atoms with Gasteiger partial charge in [0.25, 0.3) is 0 Å². The quantitative estimate of drug-likeness (QED) is 0.911. The topological polar surface area (TPSA) is 67.0 Å². The molecule has 118 valence electrons. The summed E-state index contributed by atoms with van der Waals surface area (Å²) in [6.45, 7) is 5.86. The van der Waals surface area contributed by atoms with Crippen LogP contribution in [0.2, 0.25) is 0 Å². The van der Waals surface area contributed by atoms with Gasteiger partial charge in [-0.25, -0.2) is 14.2 Å². The first kappa shape index (κ1) is 16.0. The molecule has 22 heavy (non-hydrogen) atoms. The minimum Gasteiger partial charge on any atom is -0.444 e. The van der Waals surface area contributed by atoms with Crippen molar-refractivity contribution >= 4 is 6.09 Å². The van der Waals surface area contributed by atoms with E-state index in [0.29, 0.717) is 13.0 Å². The third kappa shape index (κ3) is 4.87. The summed E-state index contributed by atoms with van der Waals surface area (Å²) in [7, 11) is 0. The maximum Gasteiger partial charge on any atom is 0.407 e. The van der Waals surface area contributed by atoms with Crippen molar-refractivity contribution in [2.45, 2.75) is 32.8 Å². The van der Waals surface area contributed by atoms with E-state index in [9.17, 15) is 9.18 Å². The highest BCUT2D eigenvalue weighted by molar-refractivity contribution is 5.67. The summed E-state index contributed by atoms with van der Waals surface area (Å²) in [6, 6.07) is 6.18. The molecule has 2 aromatic rings. The lowest BCUT2D eigenvalue weighted by Crippen LogP contribution is -2.33. The fourth-order valence-electron chi connectivity index (χ4n) is 1.86. The van der Waals surface area contributed by atoms with Crippen molar-refractivity contribution in [2.24, 2.45) is 0 Å². The molecule has 2 rings (SSSR count). The Labute approximate surface area is 128 Å². The SMILES string of the molecule is CC(C)(C)OC(=O)NCCc1ncc(-c2ccc(F)cc2)[nH]1. The highest BCUT2D eigenvalue weighted by Crippen LogP contribution is 2.17. The number of benzene rings is 1. The molecule has 0 aliphatic heterocycles. The van der Waals surface area contributed by atoms with Gasteiger partial charge in [0.1, 0.15) is 17.2 Å². The van der Waals surface area contributed by atoms with Gasteiger partial charge < -0.3 is 15.0 Å². The van der Waals surface area contributed by atoms with Crippen LogP contribution < -0.4 is 5.32 Å². The highest BCUT2D eigenvalue weighted by atomic mass is 19.1. The van der Waals surface area contributed by atoms with Gasteiger partial charge in [0, 0.05) is 13.0 Å². The number of halogens is 1. The van der Waals surface area contributed by atoms with Crippen LogP contribution in [0, 0.1) is 5.82 Å². The lowest BCUT2D eigenvalue weighted by Gasteiger charge is -2.19. The Morgan fingerprint density at radius 2 is 2.00 bits per heavy atom. The molecule has 0 aliphatic rings. The van der Waals surface area contributed by atoms with Crippen LogP contribution in [0.1, 0.15) is 26.6 Å². The van der Waals surface area contributed by atoms with Crippen molar-refractivity contribution in [1.82, 2.24) is 15.3 Å². The maximum atomic E-state index is 12.9. The van der Waals surface area contributed by atoms with Crippen LogP contribution in [-0.4, -0.2) is 28.2 Å². The molecule has 0 spiro atoms. The van der Waals surface area contributed by atoms with Crippen LogP contribution >= 0.6 is 0 Å². The number of carbonyl (C=O) groups excluding carboxylic acids is 1. The molecule has 0 fully saturated rings. The van der Waals surface area contributed by atoms with Gasteiger partial charge >= 0.3 is 6.09 Å². The predicted molar refractivity (Wildman–Crippen MR) is 81.9 cm³/mol. The number of carbonyl (C=O) groups is 1. The van der Waals surface area contributed by atoms with E-state index in [0.717, 1.165) is 17.1 Å². The molecule has 5 nitrogen and oxygen atoms in total. The second-order valence-corrected chi connectivity index (χ2v) is 5.93. The van der Waals surface area contributed by atoms with Gasteiger partial charge in [-0.05, 0) is 50.6 Å². The molecular weight excluding hydrogens is 285 g/mol. The number of nitrogens with one attached hydrogen (secondary N) is 2. The summed E-state index contributed by atoms with van der Waals surface area (Å²) >= 11 is 0. The largest absolute Gasteiger partial charge is 0.444 e. The summed E-state index contributed by atoms with van der Waals surface area (Å²) in [5, 5.41) is 2.67. The number of nitrogens with zero attached hydrogens (tertiary/aromatic N) is 1. The smallest absolute Gasteiger partial charge is 0.407 e. The average molecular weight is 305 g/mol. The Morgan fingerprint density at radius 3 is 2.64 bits per heavy atom. The van der Waals surface area contributed by atoms with Crippen LogP contribution in [0.3, 0.4) is 0 Å². The first-order valence-electron chi connectivity index (χ1n) is 7.10. The normalized spacial score (nSPS) is 11.3. The third-order valence-corrected chi connectivity index (χ3v) is 2.81. The number of hydrogen-bond donors (Lipinski definition) is 2. The van der Waals surface area contributed by atoms with E-state index in [2.05, 4.69) is 15.3 Å². The van der Waals surface area contributed by atoms with E-state index >= 15 is 0 Å². The lowest BCUT2D eigenvalue weighted by atomic mass is 10.2. The van der Waals surface area contributed by atoms with Gasteiger partial charge in [0.15, 0.2) is 0 Å². The summed E-state index contributed by atoms with van der Waals surface area (Å²) < 4.78 is 18.0. The minimum absolute atomic E-state index is 0.273. The molecule has 0 radical (unpaired) electrons. The highest BCUT2D eigenvalue weighted by Gasteiger charge is 2.15. The number of H-pyrrole nitrogens is 1. The maximum absolute atomic E-state index is 12.9. The van der Waals surface area contributed by atoms with Crippen LogP contribution in [0.25, 0.3) is 11.3 Å². The Kier molecular flexibility index (Phi) is 4.80. The van der Waals surface area contributed by atoms with E-state index in [-0.39, 0.29) is 5.82 Å². The molecule has 6 heteroatoms. The zero-order chi connectivity index (χ0) is 16.2. The second-order valence-electron chi connectivity index (χ2n) is 5.93.